The van der Waals surface area contributed by atoms with Gasteiger partial charge < -0.3 is 9.88 Å². The summed E-state index contributed by atoms with van der Waals surface area (Å²) in [5.41, 5.74) is 1.80. The van der Waals surface area contributed by atoms with Crippen molar-refractivity contribution in [2.75, 3.05) is 13.1 Å². The van der Waals surface area contributed by atoms with Crippen LogP contribution in [0, 0.1) is 18.8 Å². The molecule has 0 spiro atoms. The fourth-order valence-electron chi connectivity index (χ4n) is 2.76. The van der Waals surface area contributed by atoms with E-state index in [0.717, 1.165) is 36.7 Å². The van der Waals surface area contributed by atoms with Crippen LogP contribution in [-0.2, 0) is 0 Å². The van der Waals surface area contributed by atoms with E-state index < -0.39 is 0 Å². The van der Waals surface area contributed by atoms with Crippen molar-refractivity contribution in [3.8, 4) is 0 Å². The maximum absolute atomic E-state index is 12.4. The molecule has 2 rings (SSSR count). The zero-order valence-electron chi connectivity index (χ0n) is 11.0. The molecule has 94 valence electrons. The number of aryl methyl sites for hydroxylation is 1. The van der Waals surface area contributed by atoms with Gasteiger partial charge in [0.25, 0.3) is 5.91 Å². The molecule has 0 bridgehead atoms. The van der Waals surface area contributed by atoms with Crippen molar-refractivity contribution < 1.29 is 4.79 Å². The zero-order chi connectivity index (χ0) is 12.4. The number of nitrogens with one attached hydrogen (secondary N) is 1. The summed E-state index contributed by atoms with van der Waals surface area (Å²) in [4.78, 5) is 17.5. The molecule has 2 heterocycles. The number of aromatic nitrogens is 1. The van der Waals surface area contributed by atoms with Crippen LogP contribution in [-0.4, -0.2) is 28.9 Å². The smallest absolute Gasteiger partial charge is 0.255 e. The summed E-state index contributed by atoms with van der Waals surface area (Å²) in [5.74, 6) is 1.52. The molecule has 1 aromatic heterocycles. The van der Waals surface area contributed by atoms with Crippen molar-refractivity contribution in [2.24, 2.45) is 11.8 Å². The number of hydrogen-bond donors (Lipinski definition) is 1. The van der Waals surface area contributed by atoms with E-state index in [-0.39, 0.29) is 5.91 Å². The zero-order valence-corrected chi connectivity index (χ0v) is 11.0. The summed E-state index contributed by atoms with van der Waals surface area (Å²) in [5, 5.41) is 0. The minimum Gasteiger partial charge on any atom is -0.365 e. The maximum Gasteiger partial charge on any atom is 0.255 e. The van der Waals surface area contributed by atoms with Crippen molar-refractivity contribution in [3.63, 3.8) is 0 Å². The number of rotatable bonds is 1. The van der Waals surface area contributed by atoms with Gasteiger partial charge in [0.15, 0.2) is 0 Å². The van der Waals surface area contributed by atoms with Crippen LogP contribution in [0.4, 0.5) is 0 Å². The molecule has 1 saturated heterocycles. The second-order valence-electron chi connectivity index (χ2n) is 5.50. The van der Waals surface area contributed by atoms with Gasteiger partial charge in [0, 0.05) is 25.0 Å². The topological polar surface area (TPSA) is 36.1 Å². The molecule has 2 atom stereocenters. The van der Waals surface area contributed by atoms with E-state index in [1.807, 2.05) is 24.1 Å². The lowest BCUT2D eigenvalue weighted by atomic mass is 9.97. The highest BCUT2D eigenvalue weighted by Crippen LogP contribution is 2.22. The minimum atomic E-state index is 0.185. The summed E-state index contributed by atoms with van der Waals surface area (Å²) >= 11 is 0. The third kappa shape index (κ3) is 2.71. The average molecular weight is 234 g/mol. The Balaban J connectivity index is 2.12. The lowest BCUT2D eigenvalue weighted by Gasteiger charge is -2.22. The van der Waals surface area contributed by atoms with Gasteiger partial charge >= 0.3 is 0 Å². The highest BCUT2D eigenvalue weighted by Gasteiger charge is 2.24. The highest BCUT2D eigenvalue weighted by atomic mass is 16.2. The van der Waals surface area contributed by atoms with Crippen LogP contribution in [0.1, 0.15) is 42.7 Å². The molecule has 1 aliphatic rings. The van der Waals surface area contributed by atoms with Gasteiger partial charge in [-0.25, -0.2) is 0 Å². The monoisotopic (exact) mass is 234 g/mol. The van der Waals surface area contributed by atoms with Crippen LogP contribution in [0.15, 0.2) is 12.3 Å². The second kappa shape index (κ2) is 4.94. The lowest BCUT2D eigenvalue weighted by Crippen LogP contribution is -2.34. The number of H-pyrrole nitrogens is 1. The van der Waals surface area contributed by atoms with Gasteiger partial charge in [-0.15, -0.1) is 0 Å². The van der Waals surface area contributed by atoms with Crippen LogP contribution >= 0.6 is 0 Å². The predicted molar refractivity (Wildman–Crippen MR) is 69.0 cm³/mol. The first kappa shape index (κ1) is 12.2. The van der Waals surface area contributed by atoms with Crippen LogP contribution in [0.2, 0.25) is 0 Å². The molecule has 1 N–H and O–H groups in total. The Morgan fingerprint density at radius 2 is 2.18 bits per heavy atom. The number of carbonyl (C=O) groups is 1. The van der Waals surface area contributed by atoms with Crippen molar-refractivity contribution in [1.82, 2.24) is 9.88 Å². The summed E-state index contributed by atoms with van der Waals surface area (Å²) in [7, 11) is 0. The van der Waals surface area contributed by atoms with Gasteiger partial charge in [-0.2, -0.15) is 0 Å². The molecule has 0 unspecified atom stereocenters. The van der Waals surface area contributed by atoms with Crippen molar-refractivity contribution in [2.45, 2.75) is 33.6 Å². The minimum absolute atomic E-state index is 0.185. The molecule has 0 saturated carbocycles. The molecule has 3 heteroatoms. The number of likely N-dealkylation sites (tertiary alicyclic amines) is 1. The molecule has 1 fully saturated rings. The molecular weight excluding hydrogens is 212 g/mol. The van der Waals surface area contributed by atoms with Gasteiger partial charge in [-0.1, -0.05) is 13.8 Å². The van der Waals surface area contributed by atoms with E-state index in [4.69, 9.17) is 0 Å². The maximum atomic E-state index is 12.4. The Morgan fingerprint density at radius 3 is 2.82 bits per heavy atom. The summed E-state index contributed by atoms with van der Waals surface area (Å²) in [6.07, 6.45) is 4.20. The van der Waals surface area contributed by atoms with E-state index in [1.54, 1.807) is 0 Å². The van der Waals surface area contributed by atoms with Crippen molar-refractivity contribution in [1.29, 1.82) is 0 Å². The van der Waals surface area contributed by atoms with Crippen LogP contribution < -0.4 is 0 Å². The SMILES string of the molecule is Cc1[nH]ccc1C(=O)N1CC[C@@H](C)C[C@H](C)C1. The Morgan fingerprint density at radius 1 is 1.41 bits per heavy atom. The standard InChI is InChI=1S/C14H22N2O/c1-10-5-7-16(9-11(2)8-10)14(17)13-4-6-15-12(13)3/h4,6,10-11,15H,5,7-9H2,1-3H3/t10-,11+/m1/s1. The highest BCUT2D eigenvalue weighted by molar-refractivity contribution is 5.95. The van der Waals surface area contributed by atoms with E-state index in [0.29, 0.717) is 5.92 Å². The molecule has 0 radical (unpaired) electrons. The molecule has 0 aromatic carbocycles. The third-order valence-electron chi connectivity index (χ3n) is 3.70. The van der Waals surface area contributed by atoms with Gasteiger partial charge in [0.05, 0.1) is 5.56 Å². The molecule has 1 amide bonds. The van der Waals surface area contributed by atoms with Gasteiger partial charge in [-0.05, 0) is 37.7 Å². The normalized spacial score (nSPS) is 25.7. The fourth-order valence-corrected chi connectivity index (χ4v) is 2.76. The lowest BCUT2D eigenvalue weighted by molar-refractivity contribution is 0.0744. The van der Waals surface area contributed by atoms with Crippen molar-refractivity contribution in [3.05, 3.63) is 23.5 Å². The Labute approximate surface area is 103 Å². The molecule has 1 aliphatic heterocycles. The molecular formula is C14H22N2O. The number of amides is 1. The summed E-state index contributed by atoms with van der Waals surface area (Å²) in [6, 6.07) is 1.89. The third-order valence-corrected chi connectivity index (χ3v) is 3.70. The second-order valence-corrected chi connectivity index (χ2v) is 5.50. The first-order valence-electron chi connectivity index (χ1n) is 6.51. The van der Waals surface area contributed by atoms with Gasteiger partial charge in [0.2, 0.25) is 0 Å². The first-order valence-corrected chi connectivity index (χ1v) is 6.51. The largest absolute Gasteiger partial charge is 0.365 e. The van der Waals surface area contributed by atoms with Gasteiger partial charge in [-0.3, -0.25) is 4.79 Å². The quantitative estimate of drug-likeness (QED) is 0.797. The molecule has 0 aliphatic carbocycles. The number of hydrogen-bond acceptors (Lipinski definition) is 1. The van der Waals surface area contributed by atoms with E-state index in [1.165, 1.54) is 6.42 Å². The number of nitrogens with zero attached hydrogens (tertiary/aromatic N) is 1. The molecule has 3 nitrogen and oxygen atoms in total. The number of aromatic amines is 1. The van der Waals surface area contributed by atoms with E-state index >= 15 is 0 Å². The molecule has 1 aromatic rings. The van der Waals surface area contributed by atoms with Gasteiger partial charge in [0.1, 0.15) is 0 Å². The average Bonchev–Trinajstić information content (AvgIpc) is 2.61. The Hall–Kier alpha value is -1.25. The van der Waals surface area contributed by atoms with Crippen LogP contribution in [0.5, 0.6) is 0 Å². The first-order chi connectivity index (χ1) is 8.08. The Bertz CT molecular complexity index is 397. The van der Waals surface area contributed by atoms with E-state index in [2.05, 4.69) is 18.8 Å². The van der Waals surface area contributed by atoms with Crippen LogP contribution in [0.3, 0.4) is 0 Å². The number of carbonyl (C=O) groups excluding carboxylic acids is 1. The van der Waals surface area contributed by atoms with Crippen LogP contribution in [0.25, 0.3) is 0 Å². The van der Waals surface area contributed by atoms with Crippen molar-refractivity contribution >= 4 is 5.91 Å². The molecule has 17 heavy (non-hydrogen) atoms. The predicted octanol–water partition coefficient (Wildman–Crippen LogP) is 2.83. The fraction of sp³-hybridized carbons (Fsp3) is 0.643. The Kier molecular flexibility index (Phi) is 3.55. The van der Waals surface area contributed by atoms with E-state index in [9.17, 15) is 4.79 Å². The summed E-state index contributed by atoms with van der Waals surface area (Å²) in [6.45, 7) is 8.28. The summed E-state index contributed by atoms with van der Waals surface area (Å²) < 4.78 is 0.